The number of ether oxygens (including phenoxy) is 2. The van der Waals surface area contributed by atoms with Crippen molar-refractivity contribution in [1.82, 2.24) is 9.97 Å². The van der Waals surface area contributed by atoms with E-state index in [0.717, 1.165) is 13.0 Å². The summed E-state index contributed by atoms with van der Waals surface area (Å²) in [5, 5.41) is 12.0. The van der Waals surface area contributed by atoms with Crippen LogP contribution in [0.5, 0.6) is 17.4 Å². The van der Waals surface area contributed by atoms with Gasteiger partial charge in [-0.15, -0.1) is 0 Å². The third-order valence-electron chi connectivity index (χ3n) is 2.68. The number of benzene rings is 1. The second-order valence-corrected chi connectivity index (χ2v) is 4.25. The van der Waals surface area contributed by atoms with Crippen molar-refractivity contribution < 1.29 is 9.47 Å². The highest BCUT2D eigenvalue weighted by Crippen LogP contribution is 2.31. The first-order chi connectivity index (χ1) is 10.3. The van der Waals surface area contributed by atoms with E-state index in [1.165, 1.54) is 13.3 Å². The summed E-state index contributed by atoms with van der Waals surface area (Å²) >= 11 is 0. The van der Waals surface area contributed by atoms with Crippen LogP contribution >= 0.6 is 0 Å². The third-order valence-corrected chi connectivity index (χ3v) is 2.68. The number of hydrogen-bond donors (Lipinski definition) is 1. The number of nitriles is 1. The minimum atomic E-state index is 0.360. The maximum Gasteiger partial charge on any atom is 0.240 e. The maximum atomic E-state index is 8.88. The lowest BCUT2D eigenvalue weighted by molar-refractivity contribution is 0.373. The lowest BCUT2D eigenvalue weighted by Gasteiger charge is -2.10. The zero-order chi connectivity index (χ0) is 15.1. The van der Waals surface area contributed by atoms with Gasteiger partial charge in [0.05, 0.1) is 31.1 Å². The molecular formula is C15H16N4O2. The van der Waals surface area contributed by atoms with Crippen LogP contribution in [0.3, 0.4) is 0 Å². The largest absolute Gasteiger partial charge is 0.493 e. The van der Waals surface area contributed by atoms with Gasteiger partial charge < -0.3 is 14.8 Å². The first-order valence-electron chi connectivity index (χ1n) is 6.58. The fourth-order valence-electron chi connectivity index (χ4n) is 1.67. The monoisotopic (exact) mass is 284 g/mol. The molecule has 0 aliphatic carbocycles. The zero-order valence-electron chi connectivity index (χ0n) is 12.0. The van der Waals surface area contributed by atoms with Gasteiger partial charge in [-0.05, 0) is 18.6 Å². The van der Waals surface area contributed by atoms with E-state index in [1.807, 2.05) is 0 Å². The third kappa shape index (κ3) is 3.83. The fraction of sp³-hybridized carbons (Fsp3) is 0.267. The molecule has 0 atom stereocenters. The molecule has 0 fully saturated rings. The van der Waals surface area contributed by atoms with Crippen molar-refractivity contribution in [2.45, 2.75) is 13.3 Å². The zero-order valence-corrected chi connectivity index (χ0v) is 12.0. The molecule has 0 bridgehead atoms. The molecule has 0 unspecified atom stereocenters. The minimum absolute atomic E-state index is 0.360. The van der Waals surface area contributed by atoms with Crippen molar-refractivity contribution in [3.05, 3.63) is 36.2 Å². The Bertz CT molecular complexity index is 652. The second-order valence-electron chi connectivity index (χ2n) is 4.25. The Kier molecular flexibility index (Phi) is 4.94. The van der Waals surface area contributed by atoms with E-state index >= 15 is 0 Å². The molecule has 6 heteroatoms. The van der Waals surface area contributed by atoms with Crippen LogP contribution in [-0.2, 0) is 0 Å². The lowest BCUT2D eigenvalue weighted by atomic mass is 10.2. The summed E-state index contributed by atoms with van der Waals surface area (Å²) in [5.74, 6) is 1.97. The normalized spacial score (nSPS) is 9.76. The van der Waals surface area contributed by atoms with Gasteiger partial charge in [0.2, 0.25) is 5.88 Å². The van der Waals surface area contributed by atoms with Crippen LogP contribution < -0.4 is 14.8 Å². The Morgan fingerprint density at radius 2 is 2.14 bits per heavy atom. The number of nitrogens with zero attached hydrogens (tertiary/aromatic N) is 3. The summed E-state index contributed by atoms with van der Waals surface area (Å²) < 4.78 is 10.9. The molecule has 1 aromatic carbocycles. The van der Waals surface area contributed by atoms with Gasteiger partial charge in [0, 0.05) is 12.6 Å². The Labute approximate surface area is 123 Å². The molecule has 0 saturated carbocycles. The SMILES string of the molecule is CCCNc1cncc(Oc2ccc(C#N)cc2OC)n1. The summed E-state index contributed by atoms with van der Waals surface area (Å²) in [6, 6.07) is 6.99. The molecule has 0 saturated heterocycles. The van der Waals surface area contributed by atoms with E-state index in [4.69, 9.17) is 14.7 Å². The number of nitrogens with one attached hydrogen (secondary N) is 1. The molecule has 0 radical (unpaired) electrons. The average Bonchev–Trinajstić information content (AvgIpc) is 2.53. The lowest BCUT2D eigenvalue weighted by Crippen LogP contribution is -2.03. The van der Waals surface area contributed by atoms with Crippen LogP contribution in [0.4, 0.5) is 5.82 Å². The highest BCUT2D eigenvalue weighted by atomic mass is 16.5. The van der Waals surface area contributed by atoms with Crippen molar-refractivity contribution in [2.24, 2.45) is 0 Å². The summed E-state index contributed by atoms with van der Waals surface area (Å²) in [6.45, 7) is 2.89. The molecule has 1 aromatic heterocycles. The van der Waals surface area contributed by atoms with Gasteiger partial charge in [0.15, 0.2) is 11.5 Å². The fourth-order valence-corrected chi connectivity index (χ4v) is 1.67. The van der Waals surface area contributed by atoms with Gasteiger partial charge in [0.25, 0.3) is 0 Å². The Balaban J connectivity index is 2.20. The van der Waals surface area contributed by atoms with Crippen LogP contribution in [0.2, 0.25) is 0 Å². The van der Waals surface area contributed by atoms with Crippen LogP contribution in [0, 0.1) is 11.3 Å². The summed E-state index contributed by atoms with van der Waals surface area (Å²) in [7, 11) is 1.52. The molecule has 1 N–H and O–H groups in total. The molecule has 0 aliphatic heterocycles. The van der Waals surface area contributed by atoms with E-state index in [9.17, 15) is 0 Å². The van der Waals surface area contributed by atoms with Crippen molar-refractivity contribution in [1.29, 1.82) is 5.26 Å². The van der Waals surface area contributed by atoms with Gasteiger partial charge >= 0.3 is 0 Å². The van der Waals surface area contributed by atoms with Crippen molar-refractivity contribution in [3.63, 3.8) is 0 Å². The van der Waals surface area contributed by atoms with Gasteiger partial charge in [-0.2, -0.15) is 10.2 Å². The van der Waals surface area contributed by atoms with Crippen molar-refractivity contribution >= 4 is 5.82 Å². The molecule has 108 valence electrons. The summed E-state index contributed by atoms with van der Waals surface area (Å²) in [4.78, 5) is 8.39. The number of aromatic nitrogens is 2. The molecule has 0 aliphatic rings. The predicted octanol–water partition coefficient (Wildman–Crippen LogP) is 2.97. The highest BCUT2D eigenvalue weighted by Gasteiger charge is 2.08. The van der Waals surface area contributed by atoms with Gasteiger partial charge in [-0.3, -0.25) is 4.98 Å². The average molecular weight is 284 g/mol. The molecule has 6 nitrogen and oxygen atoms in total. The van der Waals surface area contributed by atoms with E-state index in [-0.39, 0.29) is 0 Å². The molecule has 0 spiro atoms. The number of hydrogen-bond acceptors (Lipinski definition) is 6. The van der Waals surface area contributed by atoms with Crippen LogP contribution in [0.1, 0.15) is 18.9 Å². The number of rotatable bonds is 6. The van der Waals surface area contributed by atoms with Crippen molar-refractivity contribution in [3.8, 4) is 23.4 Å². The standard InChI is InChI=1S/C15H16N4O2/c1-3-6-18-14-9-17-10-15(19-14)21-12-5-4-11(8-16)7-13(12)20-2/h4-5,7,9-10H,3,6H2,1-2H3,(H,18,19). The smallest absolute Gasteiger partial charge is 0.240 e. The van der Waals surface area contributed by atoms with E-state index in [0.29, 0.717) is 28.8 Å². The minimum Gasteiger partial charge on any atom is -0.493 e. The van der Waals surface area contributed by atoms with Crippen LogP contribution in [0.15, 0.2) is 30.6 Å². The quantitative estimate of drug-likeness (QED) is 0.878. The number of anilines is 1. The maximum absolute atomic E-state index is 8.88. The Morgan fingerprint density at radius 3 is 2.86 bits per heavy atom. The van der Waals surface area contributed by atoms with E-state index < -0.39 is 0 Å². The molecule has 21 heavy (non-hydrogen) atoms. The first-order valence-corrected chi connectivity index (χ1v) is 6.58. The van der Waals surface area contributed by atoms with Crippen LogP contribution in [-0.4, -0.2) is 23.6 Å². The molecule has 1 heterocycles. The predicted molar refractivity (Wildman–Crippen MR) is 78.6 cm³/mol. The van der Waals surface area contributed by atoms with E-state index in [2.05, 4.69) is 28.3 Å². The van der Waals surface area contributed by atoms with Gasteiger partial charge in [0.1, 0.15) is 5.82 Å². The number of methoxy groups -OCH3 is 1. The molecular weight excluding hydrogens is 268 g/mol. The topological polar surface area (TPSA) is 80.1 Å². The van der Waals surface area contributed by atoms with Gasteiger partial charge in [-0.25, -0.2) is 0 Å². The first kappa shape index (κ1) is 14.6. The molecule has 2 rings (SSSR count). The summed E-state index contributed by atoms with van der Waals surface area (Å²) in [5.41, 5.74) is 0.503. The summed E-state index contributed by atoms with van der Waals surface area (Å²) in [6.07, 6.45) is 4.16. The second kappa shape index (κ2) is 7.10. The van der Waals surface area contributed by atoms with Gasteiger partial charge in [-0.1, -0.05) is 6.92 Å². The highest BCUT2D eigenvalue weighted by molar-refractivity contribution is 5.48. The Morgan fingerprint density at radius 1 is 1.29 bits per heavy atom. The van der Waals surface area contributed by atoms with Crippen molar-refractivity contribution in [2.75, 3.05) is 19.0 Å². The Hall–Kier alpha value is -2.81. The van der Waals surface area contributed by atoms with Crippen LogP contribution in [0.25, 0.3) is 0 Å². The van der Waals surface area contributed by atoms with E-state index in [1.54, 1.807) is 24.4 Å². The molecule has 2 aromatic rings. The molecule has 0 amide bonds.